The van der Waals surface area contributed by atoms with Gasteiger partial charge in [-0.3, -0.25) is 0 Å². The van der Waals surface area contributed by atoms with Gasteiger partial charge in [0, 0.05) is 12.6 Å². The molecule has 0 unspecified atom stereocenters. The summed E-state index contributed by atoms with van der Waals surface area (Å²) < 4.78 is 22.3. The second-order valence-electron chi connectivity index (χ2n) is 7.00. The highest BCUT2D eigenvalue weighted by Gasteiger charge is 2.13. The van der Waals surface area contributed by atoms with Crippen LogP contribution in [0.4, 0.5) is 0 Å². The lowest BCUT2D eigenvalue weighted by Crippen LogP contribution is -2.29. The van der Waals surface area contributed by atoms with Crippen LogP contribution in [0.5, 0.6) is 17.2 Å². The lowest BCUT2D eigenvalue weighted by atomic mass is 10.2. The molecule has 1 N–H and O–H groups in total. The normalized spacial score (nSPS) is 14.2. The van der Waals surface area contributed by atoms with Crippen molar-refractivity contribution < 1.29 is 18.9 Å². The highest BCUT2D eigenvalue weighted by atomic mass is 16.5. The molecule has 1 fully saturated rings. The molecule has 0 aliphatic heterocycles. The SMILES string of the molecule is COc1ccc(COc2ccc(OCCOCCNC3CCCC3)cc2)cc1. The van der Waals surface area contributed by atoms with Gasteiger partial charge in [-0.05, 0) is 54.8 Å². The number of rotatable bonds is 12. The molecule has 0 bridgehead atoms. The van der Waals surface area contributed by atoms with Gasteiger partial charge < -0.3 is 24.3 Å². The first-order valence-corrected chi connectivity index (χ1v) is 10.1. The minimum atomic E-state index is 0.521. The van der Waals surface area contributed by atoms with Crippen molar-refractivity contribution in [3.05, 3.63) is 54.1 Å². The maximum absolute atomic E-state index is 5.80. The molecule has 1 aliphatic carbocycles. The molecular weight excluding hydrogens is 354 g/mol. The van der Waals surface area contributed by atoms with Crippen molar-refractivity contribution in [3.63, 3.8) is 0 Å². The maximum Gasteiger partial charge on any atom is 0.120 e. The van der Waals surface area contributed by atoms with Gasteiger partial charge in [0.05, 0.1) is 20.3 Å². The van der Waals surface area contributed by atoms with E-state index in [1.807, 2.05) is 48.5 Å². The van der Waals surface area contributed by atoms with Gasteiger partial charge in [0.1, 0.15) is 30.5 Å². The Morgan fingerprint density at radius 2 is 1.43 bits per heavy atom. The Labute approximate surface area is 168 Å². The molecule has 0 atom stereocenters. The fourth-order valence-electron chi connectivity index (χ4n) is 3.31. The lowest BCUT2D eigenvalue weighted by molar-refractivity contribution is 0.100. The van der Waals surface area contributed by atoms with Gasteiger partial charge in [-0.15, -0.1) is 0 Å². The molecule has 152 valence electrons. The zero-order valence-corrected chi connectivity index (χ0v) is 16.7. The zero-order valence-electron chi connectivity index (χ0n) is 16.7. The molecule has 0 heterocycles. The van der Waals surface area contributed by atoms with Crippen LogP contribution >= 0.6 is 0 Å². The monoisotopic (exact) mass is 385 g/mol. The highest BCUT2D eigenvalue weighted by Crippen LogP contribution is 2.20. The van der Waals surface area contributed by atoms with Crippen molar-refractivity contribution in [3.8, 4) is 17.2 Å². The van der Waals surface area contributed by atoms with E-state index in [-0.39, 0.29) is 0 Å². The molecule has 0 spiro atoms. The zero-order chi connectivity index (χ0) is 19.4. The summed E-state index contributed by atoms with van der Waals surface area (Å²) in [6.45, 7) is 3.33. The summed E-state index contributed by atoms with van der Waals surface area (Å²) in [6, 6.07) is 16.3. The van der Waals surface area contributed by atoms with E-state index in [2.05, 4.69) is 5.32 Å². The van der Waals surface area contributed by atoms with Crippen LogP contribution in [-0.4, -0.2) is 39.5 Å². The number of methoxy groups -OCH3 is 1. The van der Waals surface area contributed by atoms with Gasteiger partial charge in [0.25, 0.3) is 0 Å². The average Bonchev–Trinajstić information content (AvgIpc) is 3.26. The number of benzene rings is 2. The van der Waals surface area contributed by atoms with Crippen LogP contribution in [0.1, 0.15) is 31.2 Å². The first kappa shape index (κ1) is 20.5. The van der Waals surface area contributed by atoms with Gasteiger partial charge in [0.2, 0.25) is 0 Å². The first-order valence-electron chi connectivity index (χ1n) is 10.1. The minimum Gasteiger partial charge on any atom is -0.497 e. The summed E-state index contributed by atoms with van der Waals surface area (Å²) in [5.41, 5.74) is 1.10. The van der Waals surface area contributed by atoms with Crippen molar-refractivity contribution in [1.29, 1.82) is 0 Å². The Balaban J connectivity index is 1.26. The molecule has 5 heteroatoms. The van der Waals surface area contributed by atoms with Crippen LogP contribution < -0.4 is 19.5 Å². The molecule has 2 aromatic carbocycles. The molecule has 1 aliphatic rings. The molecule has 0 saturated heterocycles. The van der Waals surface area contributed by atoms with Crippen molar-refractivity contribution in [2.45, 2.75) is 38.3 Å². The van der Waals surface area contributed by atoms with Gasteiger partial charge >= 0.3 is 0 Å². The van der Waals surface area contributed by atoms with Crippen LogP contribution in [0.25, 0.3) is 0 Å². The summed E-state index contributed by atoms with van der Waals surface area (Å²) in [5.74, 6) is 2.49. The Bertz CT molecular complexity index is 666. The summed E-state index contributed by atoms with van der Waals surface area (Å²) >= 11 is 0. The predicted molar refractivity (Wildman–Crippen MR) is 110 cm³/mol. The van der Waals surface area contributed by atoms with E-state index in [1.54, 1.807) is 7.11 Å². The molecule has 0 radical (unpaired) electrons. The van der Waals surface area contributed by atoms with Crippen LogP contribution in [-0.2, 0) is 11.3 Å². The van der Waals surface area contributed by atoms with E-state index >= 15 is 0 Å². The van der Waals surface area contributed by atoms with Gasteiger partial charge in [-0.25, -0.2) is 0 Å². The molecule has 3 rings (SSSR count). The van der Waals surface area contributed by atoms with Gasteiger partial charge in [-0.2, -0.15) is 0 Å². The molecule has 5 nitrogen and oxygen atoms in total. The Morgan fingerprint density at radius 1 is 0.786 bits per heavy atom. The van der Waals surface area contributed by atoms with Crippen LogP contribution in [0, 0.1) is 0 Å². The van der Waals surface area contributed by atoms with Crippen LogP contribution in [0.2, 0.25) is 0 Å². The molecule has 1 saturated carbocycles. The molecule has 0 aromatic heterocycles. The average molecular weight is 386 g/mol. The maximum atomic E-state index is 5.80. The smallest absolute Gasteiger partial charge is 0.120 e. The van der Waals surface area contributed by atoms with Gasteiger partial charge in [0.15, 0.2) is 0 Å². The molecule has 28 heavy (non-hydrogen) atoms. The Hall–Kier alpha value is -2.24. The summed E-state index contributed by atoms with van der Waals surface area (Å²) in [5, 5.41) is 3.54. The van der Waals surface area contributed by atoms with E-state index in [9.17, 15) is 0 Å². The molecule has 2 aromatic rings. The third-order valence-electron chi connectivity index (χ3n) is 4.92. The van der Waals surface area contributed by atoms with Crippen LogP contribution in [0.15, 0.2) is 48.5 Å². The van der Waals surface area contributed by atoms with E-state index in [0.717, 1.165) is 36.0 Å². The van der Waals surface area contributed by atoms with Crippen LogP contribution in [0.3, 0.4) is 0 Å². The Morgan fingerprint density at radius 3 is 2.11 bits per heavy atom. The van der Waals surface area contributed by atoms with Crippen molar-refractivity contribution in [1.82, 2.24) is 5.32 Å². The fourth-order valence-corrected chi connectivity index (χ4v) is 3.31. The first-order chi connectivity index (χ1) is 13.8. The number of nitrogens with one attached hydrogen (secondary N) is 1. The third-order valence-corrected chi connectivity index (χ3v) is 4.92. The summed E-state index contributed by atoms with van der Waals surface area (Å²) in [7, 11) is 1.66. The standard InChI is InChI=1S/C23H31NO4/c1-25-21-8-6-19(7-9-21)18-28-23-12-10-22(11-13-23)27-17-16-26-15-14-24-20-4-2-3-5-20/h6-13,20,24H,2-5,14-18H2,1H3. The quantitative estimate of drug-likeness (QED) is 0.555. The Kier molecular flexibility index (Phi) is 8.47. The number of ether oxygens (including phenoxy) is 4. The molecule has 0 amide bonds. The third kappa shape index (κ3) is 7.06. The van der Waals surface area contributed by atoms with E-state index < -0.39 is 0 Å². The topological polar surface area (TPSA) is 49.0 Å². The second-order valence-corrected chi connectivity index (χ2v) is 7.00. The summed E-state index contributed by atoms with van der Waals surface area (Å²) in [6.07, 6.45) is 5.33. The largest absolute Gasteiger partial charge is 0.497 e. The van der Waals surface area contributed by atoms with E-state index in [1.165, 1.54) is 25.7 Å². The summed E-state index contributed by atoms with van der Waals surface area (Å²) in [4.78, 5) is 0. The fraction of sp³-hybridized carbons (Fsp3) is 0.478. The highest BCUT2D eigenvalue weighted by molar-refractivity contribution is 5.32. The lowest BCUT2D eigenvalue weighted by Gasteiger charge is -2.12. The second kappa shape index (κ2) is 11.6. The van der Waals surface area contributed by atoms with Crippen molar-refractivity contribution in [2.24, 2.45) is 0 Å². The van der Waals surface area contributed by atoms with E-state index in [0.29, 0.717) is 25.9 Å². The van der Waals surface area contributed by atoms with Crippen molar-refractivity contribution >= 4 is 0 Å². The predicted octanol–water partition coefficient (Wildman–Crippen LogP) is 4.20. The minimum absolute atomic E-state index is 0.521. The van der Waals surface area contributed by atoms with E-state index in [4.69, 9.17) is 18.9 Å². The van der Waals surface area contributed by atoms with Gasteiger partial charge in [-0.1, -0.05) is 25.0 Å². The number of hydrogen-bond donors (Lipinski definition) is 1. The molecular formula is C23H31NO4. The number of hydrogen-bond acceptors (Lipinski definition) is 5. The van der Waals surface area contributed by atoms with Crippen molar-refractivity contribution in [2.75, 3.05) is 33.5 Å².